The molecule has 0 N–H and O–H groups in total. The standard InChI is InChI=1S/C12H24O6Si/c1-4-15-19(16-5-2,17-6-3)9-11-12(18-11)14-8-10-7-13-10/h10-12H,4-9H2,1-3H3. The third-order valence-corrected chi connectivity index (χ3v) is 6.02. The Morgan fingerprint density at radius 3 is 2.11 bits per heavy atom. The summed E-state index contributed by atoms with van der Waals surface area (Å²) in [4.78, 5) is 0. The molecule has 0 amide bonds. The molecule has 3 unspecified atom stereocenters. The molecule has 0 spiro atoms. The first-order valence-electron chi connectivity index (χ1n) is 7.03. The van der Waals surface area contributed by atoms with Gasteiger partial charge in [0.15, 0.2) is 6.29 Å². The van der Waals surface area contributed by atoms with E-state index in [1.165, 1.54) is 0 Å². The number of hydrogen-bond acceptors (Lipinski definition) is 6. The van der Waals surface area contributed by atoms with E-state index in [1.807, 2.05) is 20.8 Å². The van der Waals surface area contributed by atoms with Crippen LogP contribution >= 0.6 is 0 Å². The quantitative estimate of drug-likeness (QED) is 0.421. The molecule has 2 aliphatic heterocycles. The highest BCUT2D eigenvalue weighted by Gasteiger charge is 2.52. The average Bonchev–Trinajstić information content (AvgIpc) is 3.23. The fraction of sp³-hybridized carbons (Fsp3) is 1.00. The smallest absolute Gasteiger partial charge is 0.374 e. The predicted molar refractivity (Wildman–Crippen MR) is 69.8 cm³/mol. The van der Waals surface area contributed by atoms with Gasteiger partial charge in [0, 0.05) is 25.9 Å². The maximum absolute atomic E-state index is 5.78. The molecule has 0 bridgehead atoms. The summed E-state index contributed by atoms with van der Waals surface area (Å²) in [5.74, 6) is 0. The van der Waals surface area contributed by atoms with Crippen LogP contribution in [-0.4, -0.2) is 60.3 Å². The summed E-state index contributed by atoms with van der Waals surface area (Å²) in [5.41, 5.74) is 0. The van der Waals surface area contributed by atoms with Crippen LogP contribution in [-0.2, 0) is 27.5 Å². The van der Waals surface area contributed by atoms with E-state index in [1.54, 1.807) is 0 Å². The minimum atomic E-state index is -2.61. The van der Waals surface area contributed by atoms with Gasteiger partial charge >= 0.3 is 8.80 Å². The van der Waals surface area contributed by atoms with Gasteiger partial charge in [0.1, 0.15) is 12.2 Å². The first-order chi connectivity index (χ1) is 9.23. The van der Waals surface area contributed by atoms with Crippen molar-refractivity contribution in [1.82, 2.24) is 0 Å². The largest absolute Gasteiger partial charge is 0.503 e. The summed E-state index contributed by atoms with van der Waals surface area (Å²) >= 11 is 0. The van der Waals surface area contributed by atoms with Crippen LogP contribution in [0.2, 0.25) is 6.04 Å². The van der Waals surface area contributed by atoms with Gasteiger partial charge in [-0.05, 0) is 20.8 Å². The fourth-order valence-corrected chi connectivity index (χ4v) is 4.70. The lowest BCUT2D eigenvalue weighted by atomic mass is 10.5. The van der Waals surface area contributed by atoms with Gasteiger partial charge in [0.05, 0.1) is 13.2 Å². The van der Waals surface area contributed by atoms with Gasteiger partial charge < -0.3 is 27.5 Å². The van der Waals surface area contributed by atoms with Gasteiger partial charge in [-0.15, -0.1) is 0 Å². The molecule has 6 nitrogen and oxygen atoms in total. The lowest BCUT2D eigenvalue weighted by molar-refractivity contribution is 0.0404. The van der Waals surface area contributed by atoms with Gasteiger partial charge in [-0.1, -0.05) is 0 Å². The van der Waals surface area contributed by atoms with Crippen molar-refractivity contribution in [1.29, 1.82) is 0 Å². The van der Waals surface area contributed by atoms with E-state index in [0.29, 0.717) is 32.5 Å². The van der Waals surface area contributed by atoms with Crippen molar-refractivity contribution in [3.8, 4) is 0 Å². The molecule has 2 saturated heterocycles. The molecule has 0 aromatic heterocycles. The van der Waals surface area contributed by atoms with Gasteiger partial charge in [-0.3, -0.25) is 0 Å². The molecule has 7 heteroatoms. The van der Waals surface area contributed by atoms with Crippen LogP contribution in [0.4, 0.5) is 0 Å². The van der Waals surface area contributed by atoms with Crippen LogP contribution in [0, 0.1) is 0 Å². The van der Waals surface area contributed by atoms with Gasteiger partial charge in [-0.2, -0.15) is 0 Å². The third kappa shape index (κ3) is 4.78. The minimum Gasteiger partial charge on any atom is -0.374 e. The number of epoxide rings is 2. The van der Waals surface area contributed by atoms with Crippen LogP contribution in [0.3, 0.4) is 0 Å². The molecule has 112 valence electrons. The molecule has 0 aromatic rings. The SMILES string of the molecule is CCO[Si](CC1OC1OCC1CO1)(OCC)OCC. The fourth-order valence-electron chi connectivity index (χ4n) is 1.99. The number of hydrogen-bond donors (Lipinski definition) is 0. The van der Waals surface area contributed by atoms with Crippen LogP contribution in [0.5, 0.6) is 0 Å². The van der Waals surface area contributed by atoms with E-state index in [0.717, 1.165) is 6.61 Å². The molecular weight excluding hydrogens is 268 g/mol. The van der Waals surface area contributed by atoms with Crippen molar-refractivity contribution in [3.05, 3.63) is 0 Å². The van der Waals surface area contributed by atoms with E-state index < -0.39 is 8.80 Å². The van der Waals surface area contributed by atoms with E-state index in [9.17, 15) is 0 Å². The Bertz CT molecular complexity index is 256. The third-order valence-electron chi connectivity index (χ3n) is 2.93. The Kier molecular flexibility index (Phi) is 5.76. The maximum Gasteiger partial charge on any atom is 0.503 e. The summed E-state index contributed by atoms with van der Waals surface area (Å²) in [6.07, 6.45) is 0.130. The van der Waals surface area contributed by atoms with Crippen LogP contribution < -0.4 is 0 Å². The van der Waals surface area contributed by atoms with Gasteiger partial charge in [0.2, 0.25) is 0 Å². The second-order valence-corrected chi connectivity index (χ2v) is 7.16. The molecule has 2 fully saturated rings. The molecule has 2 heterocycles. The Morgan fingerprint density at radius 1 is 1.05 bits per heavy atom. The molecule has 0 radical (unpaired) electrons. The molecule has 2 aliphatic rings. The molecule has 2 rings (SSSR count). The Hall–Kier alpha value is -0.0231. The highest BCUT2D eigenvalue weighted by Crippen LogP contribution is 2.33. The van der Waals surface area contributed by atoms with Crippen molar-refractivity contribution >= 4 is 8.80 Å². The highest BCUT2D eigenvalue weighted by atomic mass is 28.4. The molecule has 3 atom stereocenters. The summed E-state index contributed by atoms with van der Waals surface area (Å²) in [6, 6.07) is 0.651. The first kappa shape index (κ1) is 15.4. The maximum atomic E-state index is 5.78. The summed E-state index contributed by atoms with van der Waals surface area (Å²) in [7, 11) is -2.61. The molecule has 0 aromatic carbocycles. The zero-order chi connectivity index (χ0) is 13.7. The number of rotatable bonds is 11. The first-order valence-corrected chi connectivity index (χ1v) is 8.96. The van der Waals surface area contributed by atoms with Crippen molar-refractivity contribution in [2.75, 3.05) is 33.0 Å². The van der Waals surface area contributed by atoms with Crippen LogP contribution in [0.15, 0.2) is 0 Å². The second-order valence-electron chi connectivity index (χ2n) is 4.52. The monoisotopic (exact) mass is 292 g/mol. The molecular formula is C12H24O6Si. The lowest BCUT2D eigenvalue weighted by Gasteiger charge is -2.27. The van der Waals surface area contributed by atoms with Crippen LogP contribution in [0.25, 0.3) is 0 Å². The van der Waals surface area contributed by atoms with E-state index in [2.05, 4.69) is 0 Å². The normalized spacial score (nSPS) is 29.5. The van der Waals surface area contributed by atoms with Gasteiger partial charge in [0.25, 0.3) is 0 Å². The van der Waals surface area contributed by atoms with Crippen molar-refractivity contribution in [2.24, 2.45) is 0 Å². The van der Waals surface area contributed by atoms with Crippen molar-refractivity contribution < 1.29 is 27.5 Å². The summed E-state index contributed by atoms with van der Waals surface area (Å²) in [5, 5.41) is 0. The zero-order valence-electron chi connectivity index (χ0n) is 11.9. The average molecular weight is 292 g/mol. The summed E-state index contributed by atoms with van der Waals surface area (Å²) < 4.78 is 33.5. The Morgan fingerprint density at radius 2 is 1.63 bits per heavy atom. The van der Waals surface area contributed by atoms with E-state index >= 15 is 0 Å². The van der Waals surface area contributed by atoms with E-state index in [4.69, 9.17) is 27.5 Å². The van der Waals surface area contributed by atoms with Gasteiger partial charge in [-0.25, -0.2) is 0 Å². The van der Waals surface area contributed by atoms with E-state index in [-0.39, 0.29) is 18.5 Å². The number of ether oxygens (including phenoxy) is 3. The van der Waals surface area contributed by atoms with Crippen molar-refractivity contribution in [3.63, 3.8) is 0 Å². The Balaban J connectivity index is 1.77. The minimum absolute atomic E-state index is 0.0232. The molecule has 19 heavy (non-hydrogen) atoms. The highest BCUT2D eigenvalue weighted by molar-refractivity contribution is 6.61. The second kappa shape index (κ2) is 7.12. The molecule has 0 saturated carbocycles. The topological polar surface area (TPSA) is 62.0 Å². The van der Waals surface area contributed by atoms with Crippen LogP contribution in [0.1, 0.15) is 20.8 Å². The molecule has 0 aliphatic carbocycles. The van der Waals surface area contributed by atoms with Crippen molar-refractivity contribution in [2.45, 2.75) is 45.3 Å². The summed E-state index contributed by atoms with van der Waals surface area (Å²) in [6.45, 7) is 9.01. The predicted octanol–water partition coefficient (Wildman–Crippen LogP) is 1.18. The lowest BCUT2D eigenvalue weighted by Crippen LogP contribution is -2.47. The Labute approximate surface area is 115 Å². The zero-order valence-corrected chi connectivity index (χ0v) is 12.9.